The van der Waals surface area contributed by atoms with Gasteiger partial charge in [-0.1, -0.05) is 12.1 Å². The SMILES string of the molecule is Cc1c([C@@H](C)Nc2nncc3ccc(O[C@H]4CCNC4)cc23)cccc1C(F)(F)F. The summed E-state index contributed by atoms with van der Waals surface area (Å²) in [6, 6.07) is 9.54. The summed E-state index contributed by atoms with van der Waals surface area (Å²) in [4.78, 5) is 0. The molecule has 5 nitrogen and oxygen atoms in total. The lowest BCUT2D eigenvalue weighted by molar-refractivity contribution is -0.138. The highest BCUT2D eigenvalue weighted by molar-refractivity contribution is 5.92. The Morgan fingerprint density at radius 3 is 2.80 bits per heavy atom. The van der Waals surface area contributed by atoms with Gasteiger partial charge in [-0.15, -0.1) is 5.10 Å². The molecule has 2 aromatic carbocycles. The largest absolute Gasteiger partial charge is 0.489 e. The average molecular weight is 416 g/mol. The van der Waals surface area contributed by atoms with Crippen molar-refractivity contribution < 1.29 is 17.9 Å². The molecule has 1 aromatic heterocycles. The van der Waals surface area contributed by atoms with Crippen molar-refractivity contribution >= 4 is 16.6 Å². The predicted octanol–water partition coefficient (Wildman–Crippen LogP) is 4.87. The number of nitrogens with one attached hydrogen (secondary N) is 2. The van der Waals surface area contributed by atoms with Crippen LogP contribution in [0.25, 0.3) is 10.8 Å². The molecule has 0 amide bonds. The van der Waals surface area contributed by atoms with Crippen molar-refractivity contribution in [3.05, 3.63) is 59.3 Å². The first-order valence-corrected chi connectivity index (χ1v) is 9.89. The zero-order chi connectivity index (χ0) is 21.3. The van der Waals surface area contributed by atoms with Crippen LogP contribution in [0.1, 0.15) is 36.1 Å². The molecule has 30 heavy (non-hydrogen) atoms. The van der Waals surface area contributed by atoms with Gasteiger partial charge in [0, 0.05) is 17.3 Å². The van der Waals surface area contributed by atoms with Gasteiger partial charge in [0.05, 0.1) is 17.8 Å². The molecule has 0 bridgehead atoms. The second kappa shape index (κ2) is 8.10. The Labute approximate surface area is 172 Å². The second-order valence-corrected chi connectivity index (χ2v) is 7.56. The number of alkyl halides is 3. The van der Waals surface area contributed by atoms with Gasteiger partial charge < -0.3 is 15.4 Å². The molecular formula is C22H23F3N4O. The summed E-state index contributed by atoms with van der Waals surface area (Å²) in [6.07, 6.45) is -1.66. The van der Waals surface area contributed by atoms with Gasteiger partial charge in [0.1, 0.15) is 11.9 Å². The Kier molecular flexibility index (Phi) is 5.51. The van der Waals surface area contributed by atoms with Crippen molar-refractivity contribution in [1.82, 2.24) is 15.5 Å². The smallest absolute Gasteiger partial charge is 0.416 e. The number of aromatic nitrogens is 2. The fraction of sp³-hybridized carbons (Fsp3) is 0.364. The van der Waals surface area contributed by atoms with Crippen molar-refractivity contribution in [2.24, 2.45) is 0 Å². The number of ether oxygens (including phenoxy) is 1. The van der Waals surface area contributed by atoms with Crippen LogP contribution in [0, 0.1) is 6.92 Å². The molecule has 1 saturated heterocycles. The van der Waals surface area contributed by atoms with Gasteiger partial charge in [-0.05, 0) is 62.2 Å². The third kappa shape index (κ3) is 4.18. The topological polar surface area (TPSA) is 59.1 Å². The Hall–Kier alpha value is -2.87. The first-order valence-electron chi connectivity index (χ1n) is 9.89. The molecule has 8 heteroatoms. The Morgan fingerprint density at radius 1 is 1.23 bits per heavy atom. The van der Waals surface area contributed by atoms with Crippen LogP contribution in [0.15, 0.2) is 42.6 Å². The molecule has 1 aliphatic heterocycles. The molecular weight excluding hydrogens is 393 g/mol. The minimum Gasteiger partial charge on any atom is -0.489 e. The quantitative estimate of drug-likeness (QED) is 0.621. The lowest BCUT2D eigenvalue weighted by Crippen LogP contribution is -2.19. The van der Waals surface area contributed by atoms with E-state index < -0.39 is 17.8 Å². The number of hydrogen-bond donors (Lipinski definition) is 2. The predicted molar refractivity (Wildman–Crippen MR) is 110 cm³/mol. The maximum atomic E-state index is 13.3. The van der Waals surface area contributed by atoms with Crippen LogP contribution in [-0.2, 0) is 6.18 Å². The van der Waals surface area contributed by atoms with Crippen LogP contribution in [0.4, 0.5) is 19.0 Å². The van der Waals surface area contributed by atoms with Gasteiger partial charge in [-0.2, -0.15) is 18.3 Å². The van der Waals surface area contributed by atoms with Crippen molar-refractivity contribution in [3.8, 4) is 5.75 Å². The molecule has 0 radical (unpaired) electrons. The molecule has 1 aliphatic rings. The highest BCUT2D eigenvalue weighted by Gasteiger charge is 2.33. The lowest BCUT2D eigenvalue weighted by atomic mass is 9.97. The van der Waals surface area contributed by atoms with Crippen LogP contribution in [0.5, 0.6) is 5.75 Å². The third-order valence-electron chi connectivity index (χ3n) is 5.45. The van der Waals surface area contributed by atoms with E-state index in [1.54, 1.807) is 12.3 Å². The molecule has 4 rings (SSSR count). The minimum atomic E-state index is -4.39. The number of hydrogen-bond acceptors (Lipinski definition) is 5. The Bertz CT molecular complexity index is 1050. The third-order valence-corrected chi connectivity index (χ3v) is 5.45. The van der Waals surface area contributed by atoms with Crippen LogP contribution in [-0.4, -0.2) is 29.4 Å². The van der Waals surface area contributed by atoms with Crippen molar-refractivity contribution in [3.63, 3.8) is 0 Å². The average Bonchev–Trinajstić information content (AvgIpc) is 3.20. The number of fused-ring (bicyclic) bond motifs is 1. The molecule has 2 heterocycles. The molecule has 1 fully saturated rings. The van der Waals surface area contributed by atoms with E-state index in [1.807, 2.05) is 25.1 Å². The molecule has 158 valence electrons. The van der Waals surface area contributed by atoms with Crippen LogP contribution in [0.2, 0.25) is 0 Å². The van der Waals surface area contributed by atoms with Gasteiger partial charge in [0.25, 0.3) is 0 Å². The van der Waals surface area contributed by atoms with Crippen molar-refractivity contribution in [2.75, 3.05) is 18.4 Å². The number of rotatable bonds is 5. The monoisotopic (exact) mass is 416 g/mol. The lowest BCUT2D eigenvalue weighted by Gasteiger charge is -2.21. The summed E-state index contributed by atoms with van der Waals surface area (Å²) in [7, 11) is 0. The van der Waals surface area contributed by atoms with E-state index in [-0.39, 0.29) is 11.7 Å². The second-order valence-electron chi connectivity index (χ2n) is 7.56. The molecule has 0 saturated carbocycles. The first kappa shape index (κ1) is 20.4. The summed E-state index contributed by atoms with van der Waals surface area (Å²) in [5, 5.41) is 16.4. The number of halogens is 3. The fourth-order valence-corrected chi connectivity index (χ4v) is 3.87. The Morgan fingerprint density at radius 2 is 2.07 bits per heavy atom. The maximum absolute atomic E-state index is 13.3. The van der Waals surface area contributed by atoms with Gasteiger partial charge in [-0.3, -0.25) is 0 Å². The van der Waals surface area contributed by atoms with Gasteiger partial charge in [0.15, 0.2) is 5.82 Å². The highest BCUT2D eigenvalue weighted by Crippen LogP contribution is 2.35. The van der Waals surface area contributed by atoms with E-state index in [9.17, 15) is 13.2 Å². The zero-order valence-corrected chi connectivity index (χ0v) is 16.8. The van der Waals surface area contributed by atoms with Gasteiger partial charge in [0.2, 0.25) is 0 Å². The van der Waals surface area contributed by atoms with E-state index in [4.69, 9.17) is 4.74 Å². The summed E-state index contributed by atoms with van der Waals surface area (Å²) in [6.45, 7) is 5.05. The van der Waals surface area contributed by atoms with E-state index in [1.165, 1.54) is 13.0 Å². The van der Waals surface area contributed by atoms with Crippen LogP contribution >= 0.6 is 0 Å². The molecule has 2 N–H and O–H groups in total. The van der Waals surface area contributed by atoms with Crippen LogP contribution < -0.4 is 15.4 Å². The number of anilines is 1. The Balaban J connectivity index is 1.63. The first-order chi connectivity index (χ1) is 14.3. The molecule has 3 aromatic rings. The maximum Gasteiger partial charge on any atom is 0.416 e. The molecule has 0 aliphatic carbocycles. The summed E-state index contributed by atoms with van der Waals surface area (Å²) in [5.74, 6) is 1.24. The summed E-state index contributed by atoms with van der Waals surface area (Å²) in [5.41, 5.74) is 0.141. The molecule has 0 spiro atoms. The van der Waals surface area contributed by atoms with E-state index >= 15 is 0 Å². The van der Waals surface area contributed by atoms with Gasteiger partial charge in [-0.25, -0.2) is 0 Å². The standard InChI is InChI=1S/C22H23F3N4O/c1-13-18(4-3-5-20(13)22(23,24)25)14(2)28-21-19-10-16(30-17-8-9-26-12-17)7-6-15(19)11-27-29-21/h3-7,10-11,14,17,26H,8-9,12H2,1-2H3,(H,28,29)/t14-,17+/m1/s1. The van der Waals surface area contributed by atoms with Crippen molar-refractivity contribution in [1.29, 1.82) is 0 Å². The summed E-state index contributed by atoms with van der Waals surface area (Å²) < 4.78 is 45.9. The van der Waals surface area contributed by atoms with E-state index in [2.05, 4.69) is 20.8 Å². The van der Waals surface area contributed by atoms with Crippen molar-refractivity contribution in [2.45, 2.75) is 38.6 Å². The number of benzene rings is 2. The van der Waals surface area contributed by atoms with Crippen LogP contribution in [0.3, 0.4) is 0 Å². The highest BCUT2D eigenvalue weighted by atomic mass is 19.4. The summed E-state index contributed by atoms with van der Waals surface area (Å²) >= 11 is 0. The normalized spacial score (nSPS) is 17.8. The van der Waals surface area contributed by atoms with E-state index in [0.29, 0.717) is 11.4 Å². The zero-order valence-electron chi connectivity index (χ0n) is 16.8. The molecule has 0 unspecified atom stereocenters. The number of nitrogens with zero attached hydrogens (tertiary/aromatic N) is 2. The fourth-order valence-electron chi connectivity index (χ4n) is 3.87. The minimum absolute atomic E-state index is 0.125. The van der Waals surface area contributed by atoms with E-state index in [0.717, 1.165) is 42.1 Å². The van der Waals surface area contributed by atoms with Gasteiger partial charge >= 0.3 is 6.18 Å². The molecule has 2 atom stereocenters.